The van der Waals surface area contributed by atoms with Crippen molar-refractivity contribution in [1.29, 1.82) is 0 Å². The van der Waals surface area contributed by atoms with Crippen molar-refractivity contribution in [2.75, 3.05) is 6.54 Å². The minimum Gasteiger partial charge on any atom is -0.337 e. The standard InChI is InChI=1S/C26H21ClFN3O2S/c1-16(24(32)30-13-12-17-6-2-3-7-18(17)15-30)34-26-29-23-9-5-4-8-20(23)25(33)31(26)19-10-11-22(28)21(27)14-19/h2-11,14,16H,12-13,15H2,1H3/t16-/m0/s1. The fourth-order valence-electron chi connectivity index (χ4n) is 4.19. The molecule has 5 nitrogen and oxygen atoms in total. The van der Waals surface area contributed by atoms with Crippen LogP contribution in [0.1, 0.15) is 18.1 Å². The number of para-hydroxylation sites is 1. The van der Waals surface area contributed by atoms with Crippen LogP contribution in [0.2, 0.25) is 5.02 Å². The highest BCUT2D eigenvalue weighted by Crippen LogP contribution is 2.29. The van der Waals surface area contributed by atoms with E-state index < -0.39 is 11.1 Å². The average molecular weight is 494 g/mol. The van der Waals surface area contributed by atoms with Crippen LogP contribution in [-0.2, 0) is 17.8 Å². The molecular weight excluding hydrogens is 473 g/mol. The predicted molar refractivity (Wildman–Crippen MR) is 133 cm³/mol. The largest absolute Gasteiger partial charge is 0.337 e. The fourth-order valence-corrected chi connectivity index (χ4v) is 5.38. The molecule has 0 bridgehead atoms. The molecule has 0 fully saturated rings. The van der Waals surface area contributed by atoms with Crippen LogP contribution in [0.3, 0.4) is 0 Å². The summed E-state index contributed by atoms with van der Waals surface area (Å²) < 4.78 is 15.2. The van der Waals surface area contributed by atoms with E-state index >= 15 is 0 Å². The van der Waals surface area contributed by atoms with Gasteiger partial charge in [-0.3, -0.25) is 14.2 Å². The molecule has 3 aromatic carbocycles. The average Bonchev–Trinajstić information content (AvgIpc) is 2.85. The molecule has 1 aliphatic rings. The lowest BCUT2D eigenvalue weighted by molar-refractivity contribution is -0.131. The summed E-state index contributed by atoms with van der Waals surface area (Å²) in [4.78, 5) is 33.3. The second kappa shape index (κ2) is 9.24. The molecule has 0 saturated heterocycles. The first-order valence-corrected chi connectivity index (χ1v) is 12.2. The number of hydrogen-bond acceptors (Lipinski definition) is 4. The topological polar surface area (TPSA) is 55.2 Å². The number of benzene rings is 3. The molecule has 0 spiro atoms. The van der Waals surface area contributed by atoms with Crippen molar-refractivity contribution in [3.05, 3.63) is 99.1 Å². The number of thioether (sulfide) groups is 1. The van der Waals surface area contributed by atoms with Crippen molar-refractivity contribution in [2.24, 2.45) is 0 Å². The summed E-state index contributed by atoms with van der Waals surface area (Å²) in [5.74, 6) is -0.596. The van der Waals surface area contributed by atoms with Crippen molar-refractivity contribution in [3.8, 4) is 5.69 Å². The molecule has 0 unspecified atom stereocenters. The van der Waals surface area contributed by atoms with E-state index in [4.69, 9.17) is 11.6 Å². The molecule has 0 aliphatic carbocycles. The van der Waals surface area contributed by atoms with Gasteiger partial charge in [-0.05, 0) is 54.8 Å². The summed E-state index contributed by atoms with van der Waals surface area (Å²) >= 11 is 7.22. The van der Waals surface area contributed by atoms with E-state index in [9.17, 15) is 14.0 Å². The number of fused-ring (bicyclic) bond motifs is 2. The van der Waals surface area contributed by atoms with Gasteiger partial charge in [0, 0.05) is 13.1 Å². The van der Waals surface area contributed by atoms with Crippen molar-refractivity contribution >= 4 is 40.2 Å². The Bertz CT molecular complexity index is 1470. The highest BCUT2D eigenvalue weighted by Gasteiger charge is 2.27. The highest BCUT2D eigenvalue weighted by molar-refractivity contribution is 8.00. The second-order valence-electron chi connectivity index (χ2n) is 8.19. The molecule has 2 heterocycles. The van der Waals surface area contributed by atoms with Gasteiger partial charge in [-0.2, -0.15) is 0 Å². The molecule has 172 valence electrons. The van der Waals surface area contributed by atoms with E-state index in [0.29, 0.717) is 34.8 Å². The van der Waals surface area contributed by atoms with E-state index in [0.717, 1.165) is 12.0 Å². The van der Waals surface area contributed by atoms with Crippen LogP contribution in [-0.4, -0.2) is 32.2 Å². The highest BCUT2D eigenvalue weighted by atomic mass is 35.5. The molecule has 0 N–H and O–H groups in total. The zero-order valence-corrected chi connectivity index (χ0v) is 19.9. The maximum atomic E-state index is 13.8. The van der Waals surface area contributed by atoms with Crippen LogP contribution < -0.4 is 5.56 Å². The Hall–Kier alpha value is -3.16. The summed E-state index contributed by atoms with van der Waals surface area (Å²) in [6, 6.07) is 19.3. The van der Waals surface area contributed by atoms with Crippen LogP contribution >= 0.6 is 23.4 Å². The number of aromatic nitrogens is 2. The minimum atomic E-state index is -0.574. The monoisotopic (exact) mass is 493 g/mol. The molecule has 5 rings (SSSR count). The summed E-state index contributed by atoms with van der Waals surface area (Å²) in [6.45, 7) is 3.02. The molecule has 1 atom stereocenters. The minimum absolute atomic E-state index is 0.0226. The van der Waals surface area contributed by atoms with Gasteiger partial charge in [-0.25, -0.2) is 9.37 Å². The van der Waals surface area contributed by atoms with Crippen LogP contribution in [0.25, 0.3) is 16.6 Å². The van der Waals surface area contributed by atoms with Crippen LogP contribution in [0.4, 0.5) is 4.39 Å². The Morgan fingerprint density at radius 2 is 1.82 bits per heavy atom. The van der Waals surface area contributed by atoms with Gasteiger partial charge in [0.05, 0.1) is 26.9 Å². The maximum Gasteiger partial charge on any atom is 0.266 e. The van der Waals surface area contributed by atoms with Crippen LogP contribution in [0.15, 0.2) is 76.7 Å². The Labute approximate surface area is 205 Å². The third-order valence-electron chi connectivity index (χ3n) is 5.98. The molecule has 0 saturated carbocycles. The fraction of sp³-hybridized carbons (Fsp3) is 0.192. The van der Waals surface area contributed by atoms with Crippen LogP contribution in [0.5, 0.6) is 0 Å². The number of amides is 1. The van der Waals surface area contributed by atoms with Gasteiger partial charge in [0.2, 0.25) is 5.91 Å². The first-order chi connectivity index (χ1) is 16.4. The van der Waals surface area contributed by atoms with E-state index in [1.165, 1.54) is 40.1 Å². The number of nitrogens with zero attached hydrogens (tertiary/aromatic N) is 3. The van der Waals surface area contributed by atoms with Gasteiger partial charge in [0.15, 0.2) is 5.16 Å². The first kappa shape index (κ1) is 22.6. The first-order valence-electron chi connectivity index (χ1n) is 10.9. The quantitative estimate of drug-likeness (QED) is 0.288. The lowest BCUT2D eigenvalue weighted by Crippen LogP contribution is -2.40. The molecule has 8 heteroatoms. The van der Waals surface area contributed by atoms with E-state index in [2.05, 4.69) is 11.1 Å². The smallest absolute Gasteiger partial charge is 0.266 e. The number of carbonyl (C=O) groups excluding carboxylic acids is 1. The molecule has 1 aromatic heterocycles. The van der Waals surface area contributed by atoms with Crippen LogP contribution in [0, 0.1) is 5.82 Å². The summed E-state index contributed by atoms with van der Waals surface area (Å²) in [7, 11) is 0. The summed E-state index contributed by atoms with van der Waals surface area (Å²) in [6.07, 6.45) is 0.812. The SMILES string of the molecule is C[C@H](Sc1nc2ccccc2c(=O)n1-c1ccc(F)c(Cl)c1)C(=O)N1CCc2ccccc2C1. The van der Waals surface area contributed by atoms with Crippen molar-refractivity contribution in [2.45, 2.75) is 30.3 Å². The lowest BCUT2D eigenvalue weighted by Gasteiger charge is -2.30. The zero-order valence-electron chi connectivity index (χ0n) is 18.4. The molecule has 34 heavy (non-hydrogen) atoms. The summed E-state index contributed by atoms with van der Waals surface area (Å²) in [5, 5.41) is 0.202. The van der Waals surface area contributed by atoms with Gasteiger partial charge in [-0.15, -0.1) is 0 Å². The lowest BCUT2D eigenvalue weighted by atomic mass is 10.00. The van der Waals surface area contributed by atoms with Crippen molar-refractivity contribution in [3.63, 3.8) is 0 Å². The molecule has 0 radical (unpaired) electrons. The van der Waals surface area contributed by atoms with Gasteiger partial charge >= 0.3 is 0 Å². The second-order valence-corrected chi connectivity index (χ2v) is 9.90. The molecule has 1 amide bonds. The zero-order chi connectivity index (χ0) is 23.8. The Morgan fingerprint density at radius 3 is 2.62 bits per heavy atom. The number of halogens is 2. The molecular formula is C26H21ClFN3O2S. The maximum absolute atomic E-state index is 13.8. The normalized spacial score (nSPS) is 14.1. The van der Waals surface area contributed by atoms with Crippen molar-refractivity contribution < 1.29 is 9.18 Å². The summed E-state index contributed by atoms with van der Waals surface area (Å²) in [5.41, 5.74) is 3.04. The predicted octanol–water partition coefficient (Wildman–Crippen LogP) is 5.24. The Balaban J connectivity index is 1.51. The Morgan fingerprint density at radius 1 is 1.09 bits per heavy atom. The van der Waals surface area contributed by atoms with Gasteiger partial charge in [-0.1, -0.05) is 59.8 Å². The molecule has 4 aromatic rings. The number of hydrogen-bond donors (Lipinski definition) is 0. The van der Waals surface area contributed by atoms with Gasteiger partial charge < -0.3 is 4.90 Å². The van der Waals surface area contributed by atoms with Gasteiger partial charge in [0.1, 0.15) is 5.82 Å². The third-order valence-corrected chi connectivity index (χ3v) is 7.31. The van der Waals surface area contributed by atoms with Gasteiger partial charge in [0.25, 0.3) is 5.56 Å². The van der Waals surface area contributed by atoms with E-state index in [-0.39, 0.29) is 16.5 Å². The Kier molecular flexibility index (Phi) is 6.15. The third kappa shape index (κ3) is 4.21. The number of rotatable bonds is 4. The van der Waals surface area contributed by atoms with Crippen molar-refractivity contribution in [1.82, 2.24) is 14.5 Å². The van der Waals surface area contributed by atoms with E-state index in [1.807, 2.05) is 36.1 Å². The molecule has 1 aliphatic heterocycles. The number of carbonyl (C=O) groups is 1. The van der Waals surface area contributed by atoms with E-state index in [1.54, 1.807) is 18.2 Å².